The van der Waals surface area contributed by atoms with Crippen LogP contribution in [-0.4, -0.2) is 11.7 Å². The van der Waals surface area contributed by atoms with E-state index in [1.165, 1.54) is 0 Å². The van der Waals surface area contributed by atoms with Crippen molar-refractivity contribution in [3.63, 3.8) is 0 Å². The molecule has 0 amide bonds. The third-order valence-electron chi connectivity index (χ3n) is 0.333. The van der Waals surface area contributed by atoms with Crippen molar-refractivity contribution >= 4 is 17.0 Å². The largest absolute Gasteiger partial charge is 0.396 e. The quantitative estimate of drug-likeness (QED) is 0.589. The monoisotopic (exact) mass is 152 g/mol. The van der Waals surface area contributed by atoms with E-state index >= 15 is 0 Å². The van der Waals surface area contributed by atoms with Gasteiger partial charge in [-0.1, -0.05) is 6.08 Å². The Morgan fingerprint density at radius 1 is 1.67 bits per heavy atom. The van der Waals surface area contributed by atoms with Crippen LogP contribution in [0.5, 0.6) is 0 Å². The first kappa shape index (κ1) is 9.49. The van der Waals surface area contributed by atoms with E-state index in [1.807, 2.05) is 0 Å². The van der Waals surface area contributed by atoms with Gasteiger partial charge in [-0.25, -0.2) is 0 Å². The van der Waals surface area contributed by atoms with Gasteiger partial charge in [-0.05, 0) is 6.42 Å². The molecule has 1 N–H and O–H groups in total. The normalized spacial score (nSPS) is 6.17. The summed E-state index contributed by atoms with van der Waals surface area (Å²) in [5, 5.41) is 8.00. The minimum absolute atomic E-state index is 0. The zero-order chi connectivity index (χ0) is 4.12. The fourth-order valence-corrected chi connectivity index (χ4v) is 0.0913. The number of aliphatic hydroxyl groups is 1. The summed E-state index contributed by atoms with van der Waals surface area (Å²) in [6.07, 6.45) is 2.39. The fourth-order valence-electron chi connectivity index (χ4n) is 0.0913. The van der Waals surface area contributed by atoms with Gasteiger partial charge < -0.3 is 5.11 Å². The molecule has 0 rings (SSSR count). The molecule has 0 saturated heterocycles. The lowest BCUT2D eigenvalue weighted by Gasteiger charge is -1.73. The summed E-state index contributed by atoms with van der Waals surface area (Å²) in [7, 11) is 0. The Morgan fingerprint density at radius 3 is 2.17 bits per heavy atom. The molecule has 0 fully saturated rings. The van der Waals surface area contributed by atoms with Gasteiger partial charge in [-0.2, -0.15) is 0 Å². The molecular weight excluding hydrogens is 144 g/mol. The zero-order valence-electron chi connectivity index (χ0n) is 3.55. The zero-order valence-corrected chi connectivity index (χ0v) is 5.27. The Hall–Kier alpha value is 0.180. The van der Waals surface area contributed by atoms with E-state index in [0.29, 0.717) is 6.42 Å². The number of rotatable bonds is 2. The molecule has 0 atom stereocenters. The second kappa shape index (κ2) is 8.95. The molecule has 0 bridgehead atoms. The maximum Gasteiger partial charge on any atom is 0.0465 e. The highest BCUT2D eigenvalue weighted by atomic mass is 79.9. The van der Waals surface area contributed by atoms with Gasteiger partial charge in [0.25, 0.3) is 0 Å². The van der Waals surface area contributed by atoms with Crippen molar-refractivity contribution in [1.29, 1.82) is 0 Å². The van der Waals surface area contributed by atoms with Crippen LogP contribution in [0.2, 0.25) is 0 Å². The molecule has 0 spiro atoms. The Balaban J connectivity index is 0. The molecule has 0 aliphatic carbocycles. The van der Waals surface area contributed by atoms with Crippen LogP contribution >= 0.6 is 17.0 Å². The van der Waals surface area contributed by atoms with Crippen molar-refractivity contribution in [2.24, 2.45) is 0 Å². The molecule has 0 saturated carbocycles. The number of hydrogen-bond donors (Lipinski definition) is 1. The van der Waals surface area contributed by atoms with Gasteiger partial charge in [0.15, 0.2) is 0 Å². The second-order valence-corrected chi connectivity index (χ2v) is 0.801. The lowest BCUT2D eigenvalue weighted by Crippen LogP contribution is -1.71. The molecular formula is C4H9BrO. The summed E-state index contributed by atoms with van der Waals surface area (Å²) in [5.74, 6) is 0. The molecule has 0 aliphatic rings. The van der Waals surface area contributed by atoms with Gasteiger partial charge in [0.2, 0.25) is 0 Å². The van der Waals surface area contributed by atoms with Crippen molar-refractivity contribution in [2.75, 3.05) is 6.61 Å². The van der Waals surface area contributed by atoms with Crippen LogP contribution in [-0.2, 0) is 0 Å². The van der Waals surface area contributed by atoms with Crippen LogP contribution < -0.4 is 0 Å². The molecule has 0 radical (unpaired) electrons. The van der Waals surface area contributed by atoms with Crippen LogP contribution in [0.25, 0.3) is 0 Å². The van der Waals surface area contributed by atoms with Crippen molar-refractivity contribution in [1.82, 2.24) is 0 Å². The average molecular weight is 153 g/mol. The van der Waals surface area contributed by atoms with Crippen molar-refractivity contribution in [3.05, 3.63) is 12.7 Å². The highest BCUT2D eigenvalue weighted by Crippen LogP contribution is 1.69. The van der Waals surface area contributed by atoms with Crippen molar-refractivity contribution in [2.45, 2.75) is 6.42 Å². The molecule has 1 nitrogen and oxygen atoms in total. The fraction of sp³-hybridized carbons (Fsp3) is 0.500. The van der Waals surface area contributed by atoms with Crippen molar-refractivity contribution < 1.29 is 5.11 Å². The van der Waals surface area contributed by atoms with Gasteiger partial charge in [-0.15, -0.1) is 23.6 Å². The molecule has 0 unspecified atom stereocenters. The van der Waals surface area contributed by atoms with Gasteiger partial charge in [0.1, 0.15) is 0 Å². The Morgan fingerprint density at radius 2 is 2.17 bits per heavy atom. The van der Waals surface area contributed by atoms with Crippen LogP contribution in [0.15, 0.2) is 12.7 Å². The molecule has 2 heteroatoms. The first-order valence-electron chi connectivity index (χ1n) is 1.63. The maximum atomic E-state index is 8.00. The average Bonchev–Trinajstić information content (AvgIpc) is 1.41. The summed E-state index contributed by atoms with van der Waals surface area (Å²) in [4.78, 5) is 0. The highest BCUT2D eigenvalue weighted by molar-refractivity contribution is 8.93. The third kappa shape index (κ3) is 8.89. The van der Waals surface area contributed by atoms with Crippen LogP contribution in [0, 0.1) is 0 Å². The Labute approximate surface area is 48.5 Å². The van der Waals surface area contributed by atoms with Crippen LogP contribution in [0.3, 0.4) is 0 Å². The summed E-state index contributed by atoms with van der Waals surface area (Å²) >= 11 is 0. The van der Waals surface area contributed by atoms with Crippen molar-refractivity contribution in [3.8, 4) is 0 Å². The second-order valence-electron chi connectivity index (χ2n) is 0.801. The lowest BCUT2D eigenvalue weighted by atomic mass is 10.5. The van der Waals surface area contributed by atoms with Gasteiger partial charge in [0, 0.05) is 6.61 Å². The third-order valence-corrected chi connectivity index (χ3v) is 0.333. The summed E-state index contributed by atoms with van der Waals surface area (Å²) < 4.78 is 0. The standard InChI is InChI=1S/C4H8O.BrH/c1-2-3-4-5;/h2,5H,1,3-4H2;1H. The molecule has 0 aromatic heterocycles. The lowest BCUT2D eigenvalue weighted by molar-refractivity contribution is 0.303. The topological polar surface area (TPSA) is 20.2 Å². The van der Waals surface area contributed by atoms with E-state index < -0.39 is 0 Å². The Bertz CT molecular complexity index is 28.7. The summed E-state index contributed by atoms with van der Waals surface area (Å²) in [5.41, 5.74) is 0. The molecule has 0 aromatic carbocycles. The minimum atomic E-state index is 0. The van der Waals surface area contributed by atoms with E-state index in [1.54, 1.807) is 6.08 Å². The van der Waals surface area contributed by atoms with Crippen LogP contribution in [0.1, 0.15) is 6.42 Å². The van der Waals surface area contributed by atoms with E-state index in [9.17, 15) is 0 Å². The predicted octanol–water partition coefficient (Wildman–Crippen LogP) is 1.13. The highest BCUT2D eigenvalue weighted by Gasteiger charge is 1.62. The summed E-state index contributed by atoms with van der Waals surface area (Å²) in [6, 6.07) is 0. The SMILES string of the molecule is Br.C=CCCO. The molecule has 38 valence electrons. The minimum Gasteiger partial charge on any atom is -0.396 e. The first-order valence-corrected chi connectivity index (χ1v) is 1.63. The first-order chi connectivity index (χ1) is 2.41. The number of halogens is 1. The smallest absolute Gasteiger partial charge is 0.0465 e. The van der Waals surface area contributed by atoms with E-state index in [2.05, 4.69) is 6.58 Å². The van der Waals surface area contributed by atoms with E-state index in [4.69, 9.17) is 5.11 Å². The van der Waals surface area contributed by atoms with E-state index in [0.717, 1.165) is 0 Å². The van der Waals surface area contributed by atoms with Crippen LogP contribution in [0.4, 0.5) is 0 Å². The molecule has 6 heavy (non-hydrogen) atoms. The number of aliphatic hydroxyl groups excluding tert-OH is 1. The summed E-state index contributed by atoms with van der Waals surface area (Å²) in [6.45, 7) is 3.62. The Kier molecular flexibility index (Phi) is 14.2. The predicted molar refractivity (Wildman–Crippen MR) is 32.2 cm³/mol. The van der Waals surface area contributed by atoms with Gasteiger partial charge in [0.05, 0.1) is 0 Å². The molecule has 0 aromatic rings. The van der Waals surface area contributed by atoms with Gasteiger partial charge >= 0.3 is 0 Å². The molecule has 0 aliphatic heterocycles. The number of hydrogen-bond acceptors (Lipinski definition) is 1. The maximum absolute atomic E-state index is 8.00. The van der Waals surface area contributed by atoms with E-state index in [-0.39, 0.29) is 23.6 Å². The van der Waals surface area contributed by atoms with Gasteiger partial charge in [-0.3, -0.25) is 0 Å². The molecule has 0 heterocycles.